The number of anilines is 1. The maximum absolute atomic E-state index is 11.4. The average molecular weight is 259 g/mol. The molecule has 8 heteroatoms. The summed E-state index contributed by atoms with van der Waals surface area (Å²) in [4.78, 5) is 22.2. The number of carboxylic acid groups (broad SMARTS) is 1. The van der Waals surface area contributed by atoms with Crippen LogP contribution >= 0.6 is 11.8 Å². The van der Waals surface area contributed by atoms with Gasteiger partial charge in [0.2, 0.25) is 11.8 Å². The molecule has 0 spiro atoms. The summed E-state index contributed by atoms with van der Waals surface area (Å²) < 4.78 is 3.94. The van der Waals surface area contributed by atoms with Gasteiger partial charge < -0.3 is 9.52 Å². The lowest BCUT2D eigenvalue weighted by Gasteiger charge is -2.17. The molecule has 1 amide bonds. The summed E-state index contributed by atoms with van der Waals surface area (Å²) in [7, 11) is 0. The highest BCUT2D eigenvalue weighted by Crippen LogP contribution is 2.24. The van der Waals surface area contributed by atoms with E-state index in [0.29, 0.717) is 5.89 Å². The van der Waals surface area contributed by atoms with Gasteiger partial charge in [0.1, 0.15) is 4.75 Å². The van der Waals surface area contributed by atoms with Gasteiger partial charge in [0, 0.05) is 6.92 Å². The van der Waals surface area contributed by atoms with E-state index in [2.05, 4.69) is 15.5 Å². The Hall–Kier alpha value is -1.57. The van der Waals surface area contributed by atoms with E-state index in [0.717, 1.165) is 11.8 Å². The van der Waals surface area contributed by atoms with Gasteiger partial charge in [-0.3, -0.25) is 14.9 Å². The van der Waals surface area contributed by atoms with Crippen LogP contribution in [0.25, 0.3) is 0 Å². The van der Waals surface area contributed by atoms with Gasteiger partial charge in [0.15, 0.2) is 0 Å². The Morgan fingerprint density at radius 1 is 1.47 bits per heavy atom. The summed E-state index contributed by atoms with van der Waals surface area (Å²) in [5.41, 5.74) is 0. The van der Waals surface area contributed by atoms with Gasteiger partial charge in [0.25, 0.3) is 0 Å². The van der Waals surface area contributed by atoms with Gasteiger partial charge >= 0.3 is 12.0 Å². The highest BCUT2D eigenvalue weighted by Gasteiger charge is 2.28. The molecule has 0 bridgehead atoms. The molecular formula is C9H13N3O4S. The second-order valence-corrected chi connectivity index (χ2v) is 5.38. The number of aromatic nitrogens is 2. The molecule has 0 aliphatic rings. The van der Waals surface area contributed by atoms with Crippen molar-refractivity contribution in [1.82, 2.24) is 10.2 Å². The molecule has 0 fully saturated rings. The molecule has 2 N–H and O–H groups in total. The largest absolute Gasteiger partial charge is 0.480 e. The maximum atomic E-state index is 11.4. The highest BCUT2D eigenvalue weighted by molar-refractivity contribution is 8.02. The van der Waals surface area contributed by atoms with E-state index in [1.54, 1.807) is 6.92 Å². The van der Waals surface area contributed by atoms with Crippen molar-refractivity contribution in [3.8, 4) is 0 Å². The molecule has 0 saturated heterocycles. The van der Waals surface area contributed by atoms with E-state index in [1.165, 1.54) is 13.8 Å². The summed E-state index contributed by atoms with van der Waals surface area (Å²) in [6.07, 6.45) is 0. The van der Waals surface area contributed by atoms with Crippen LogP contribution in [0.1, 0.15) is 19.7 Å². The normalized spacial score (nSPS) is 11.2. The molecule has 17 heavy (non-hydrogen) atoms. The first-order chi connectivity index (χ1) is 7.81. The number of hydrogen-bond donors (Lipinski definition) is 2. The van der Waals surface area contributed by atoms with Crippen molar-refractivity contribution in [3.63, 3.8) is 0 Å². The summed E-state index contributed by atoms with van der Waals surface area (Å²) in [5, 5.41) is 18.4. The van der Waals surface area contributed by atoms with E-state index in [9.17, 15) is 9.59 Å². The van der Waals surface area contributed by atoms with E-state index in [-0.39, 0.29) is 17.7 Å². The van der Waals surface area contributed by atoms with E-state index < -0.39 is 10.7 Å². The lowest BCUT2D eigenvalue weighted by molar-refractivity contribution is -0.138. The van der Waals surface area contributed by atoms with Crippen molar-refractivity contribution in [2.45, 2.75) is 25.5 Å². The smallest absolute Gasteiger partial charge is 0.322 e. The zero-order valence-corrected chi connectivity index (χ0v) is 10.5. The Bertz CT molecular complexity index is 430. The number of nitrogens with one attached hydrogen (secondary N) is 1. The van der Waals surface area contributed by atoms with Gasteiger partial charge in [0.05, 0.1) is 5.75 Å². The molecule has 1 aromatic rings. The van der Waals surface area contributed by atoms with Gasteiger partial charge in [-0.25, -0.2) is 0 Å². The summed E-state index contributed by atoms with van der Waals surface area (Å²) in [6, 6.07) is 0.0150. The molecule has 0 aromatic carbocycles. The van der Waals surface area contributed by atoms with Crippen LogP contribution in [0.2, 0.25) is 0 Å². The number of carboxylic acids is 1. The Balaban J connectivity index is 2.43. The summed E-state index contributed by atoms with van der Waals surface area (Å²) in [6.45, 7) is 4.67. The molecule has 0 saturated carbocycles. The van der Waals surface area contributed by atoms with Crippen LogP contribution in [-0.4, -0.2) is 37.7 Å². The predicted molar refractivity (Wildman–Crippen MR) is 61.8 cm³/mol. The summed E-state index contributed by atoms with van der Waals surface area (Å²) >= 11 is 1.02. The number of hydrogen-bond acceptors (Lipinski definition) is 6. The Kier molecular flexibility index (Phi) is 4.11. The second-order valence-electron chi connectivity index (χ2n) is 3.78. The minimum atomic E-state index is -1.01. The Morgan fingerprint density at radius 3 is 2.59 bits per heavy atom. The molecule has 0 aliphatic carbocycles. The topological polar surface area (TPSA) is 105 Å². The molecule has 0 radical (unpaired) electrons. The third-order valence-electron chi connectivity index (χ3n) is 1.85. The van der Waals surface area contributed by atoms with Crippen LogP contribution in [0.3, 0.4) is 0 Å². The molecule has 1 heterocycles. The molecular weight excluding hydrogens is 246 g/mol. The third kappa shape index (κ3) is 4.06. The second kappa shape index (κ2) is 5.17. The van der Waals surface area contributed by atoms with Crippen LogP contribution < -0.4 is 5.32 Å². The van der Waals surface area contributed by atoms with E-state index in [4.69, 9.17) is 9.52 Å². The lowest BCUT2D eigenvalue weighted by Crippen LogP contribution is -2.29. The van der Waals surface area contributed by atoms with E-state index in [1.807, 2.05) is 0 Å². The molecule has 7 nitrogen and oxygen atoms in total. The lowest BCUT2D eigenvalue weighted by atomic mass is 10.2. The average Bonchev–Trinajstić information content (AvgIpc) is 2.61. The van der Waals surface area contributed by atoms with Gasteiger partial charge in [-0.1, -0.05) is 5.10 Å². The minimum Gasteiger partial charge on any atom is -0.480 e. The number of rotatable bonds is 5. The monoisotopic (exact) mass is 259 g/mol. The zero-order chi connectivity index (χ0) is 13.1. The molecule has 0 aliphatic heterocycles. The maximum Gasteiger partial charge on any atom is 0.322 e. The first kappa shape index (κ1) is 13.5. The van der Waals surface area contributed by atoms with E-state index >= 15 is 0 Å². The Labute approximate surface area is 102 Å². The number of thioether (sulfide) groups is 1. The number of carbonyl (C=O) groups excluding carboxylic acids is 1. The van der Waals surface area contributed by atoms with Crippen molar-refractivity contribution in [2.24, 2.45) is 0 Å². The van der Waals surface area contributed by atoms with Crippen LogP contribution in [0.15, 0.2) is 4.42 Å². The fraction of sp³-hybridized carbons (Fsp3) is 0.556. The van der Waals surface area contributed by atoms with Gasteiger partial charge in [-0.2, -0.15) is 0 Å². The zero-order valence-electron chi connectivity index (χ0n) is 9.68. The molecule has 0 atom stereocenters. The first-order valence-electron chi connectivity index (χ1n) is 4.78. The van der Waals surface area contributed by atoms with Crippen LogP contribution in [0.4, 0.5) is 6.01 Å². The van der Waals surface area contributed by atoms with Crippen LogP contribution in [-0.2, 0) is 9.59 Å². The molecule has 1 rings (SSSR count). The minimum absolute atomic E-state index is 0.000722. The quantitative estimate of drug-likeness (QED) is 0.809. The number of nitrogens with zero attached hydrogens (tertiary/aromatic N) is 2. The standard InChI is InChI=1S/C9H13N3O4S/c1-5-11-12-8(16-5)10-6(13)4-17-9(2,3)7(14)15/h4H2,1-3H3,(H,14,15)(H,10,12,13). The van der Waals surface area contributed by atoms with Crippen LogP contribution in [0, 0.1) is 6.92 Å². The fourth-order valence-electron chi connectivity index (χ4n) is 0.810. The summed E-state index contributed by atoms with van der Waals surface area (Å²) in [5.74, 6) is -1.00. The predicted octanol–water partition coefficient (Wildman–Crippen LogP) is 0.913. The number of carbonyl (C=O) groups is 2. The Morgan fingerprint density at radius 2 is 2.12 bits per heavy atom. The number of aliphatic carboxylic acids is 1. The molecule has 94 valence electrons. The highest BCUT2D eigenvalue weighted by atomic mass is 32.2. The fourth-order valence-corrected chi connectivity index (χ4v) is 1.50. The van der Waals surface area contributed by atoms with Crippen molar-refractivity contribution in [1.29, 1.82) is 0 Å². The first-order valence-corrected chi connectivity index (χ1v) is 5.77. The van der Waals surface area contributed by atoms with Crippen molar-refractivity contribution in [2.75, 3.05) is 11.1 Å². The SMILES string of the molecule is Cc1nnc(NC(=O)CSC(C)(C)C(=O)O)o1. The number of aryl methyl sites for hydroxylation is 1. The van der Waals surface area contributed by atoms with Gasteiger partial charge in [-0.05, 0) is 13.8 Å². The molecule has 1 aromatic heterocycles. The third-order valence-corrected chi connectivity index (χ3v) is 3.15. The molecule has 0 unspecified atom stereocenters. The van der Waals surface area contributed by atoms with Crippen molar-refractivity contribution < 1.29 is 19.1 Å². The van der Waals surface area contributed by atoms with Crippen LogP contribution in [0.5, 0.6) is 0 Å². The van der Waals surface area contributed by atoms with Crippen molar-refractivity contribution in [3.05, 3.63) is 5.89 Å². The number of amides is 1. The van der Waals surface area contributed by atoms with Gasteiger partial charge in [-0.15, -0.1) is 16.9 Å². The van der Waals surface area contributed by atoms with Crippen molar-refractivity contribution >= 4 is 29.7 Å².